The molecule has 0 saturated heterocycles. The molecule has 3 aromatic rings. The molecule has 0 atom stereocenters. The molecule has 0 unspecified atom stereocenters. The van der Waals surface area contributed by atoms with E-state index in [1.807, 2.05) is 60.8 Å². The fraction of sp³-hybridized carbons (Fsp3) is 0.333. The minimum absolute atomic E-state index is 0.0230. The molecular formula is C24H29N3O2. The predicted molar refractivity (Wildman–Crippen MR) is 116 cm³/mol. The number of rotatable bonds is 8. The summed E-state index contributed by atoms with van der Waals surface area (Å²) < 4.78 is 7.69. The summed E-state index contributed by atoms with van der Waals surface area (Å²) in [5.74, 6) is 1.54. The molecule has 1 aromatic heterocycles. The molecular weight excluding hydrogens is 362 g/mol. The number of hydrogen-bond donors (Lipinski definition) is 1. The van der Waals surface area contributed by atoms with Gasteiger partial charge >= 0.3 is 0 Å². The van der Waals surface area contributed by atoms with E-state index in [4.69, 9.17) is 4.74 Å². The van der Waals surface area contributed by atoms with Gasteiger partial charge in [-0.3, -0.25) is 4.79 Å². The molecule has 0 aliphatic carbocycles. The first-order chi connectivity index (χ1) is 13.9. The largest absolute Gasteiger partial charge is 0.484 e. The maximum Gasteiger partial charge on any atom is 0.257 e. The number of nitrogens with zero attached hydrogens (tertiary/aromatic N) is 2. The van der Waals surface area contributed by atoms with Crippen LogP contribution in [0.5, 0.6) is 5.75 Å². The lowest BCUT2D eigenvalue weighted by Crippen LogP contribution is -2.30. The molecule has 1 heterocycles. The van der Waals surface area contributed by atoms with E-state index < -0.39 is 0 Å². The van der Waals surface area contributed by atoms with Crippen LogP contribution in [-0.4, -0.2) is 28.6 Å². The van der Waals surface area contributed by atoms with Crippen molar-refractivity contribution in [2.45, 2.75) is 39.2 Å². The van der Waals surface area contributed by atoms with Crippen molar-refractivity contribution < 1.29 is 9.53 Å². The second kappa shape index (κ2) is 9.41. The highest BCUT2D eigenvalue weighted by atomic mass is 16.5. The van der Waals surface area contributed by atoms with Gasteiger partial charge in [0, 0.05) is 31.0 Å². The van der Waals surface area contributed by atoms with Crippen molar-refractivity contribution in [3.05, 3.63) is 72.6 Å². The Morgan fingerprint density at radius 1 is 1.07 bits per heavy atom. The van der Waals surface area contributed by atoms with Gasteiger partial charge in [-0.05, 0) is 29.5 Å². The standard InChI is InChI=1S/C24H29N3O2/c1-24(2,3)20-10-12-21(13-11-20)29-18-22(28)25-14-7-16-27-17-15-26-23(27)19-8-5-4-6-9-19/h4-6,8-13,15,17H,7,14,16,18H2,1-3H3,(H,25,28). The molecule has 0 radical (unpaired) electrons. The topological polar surface area (TPSA) is 56.1 Å². The average Bonchev–Trinajstić information content (AvgIpc) is 3.18. The van der Waals surface area contributed by atoms with Crippen molar-refractivity contribution in [1.82, 2.24) is 14.9 Å². The average molecular weight is 392 g/mol. The Labute approximate surface area is 172 Å². The third-order valence-electron chi connectivity index (χ3n) is 4.74. The van der Waals surface area contributed by atoms with Gasteiger partial charge in [-0.2, -0.15) is 0 Å². The van der Waals surface area contributed by atoms with E-state index in [1.165, 1.54) is 5.56 Å². The first kappa shape index (κ1) is 20.6. The second-order valence-electron chi connectivity index (χ2n) is 8.08. The molecule has 0 fully saturated rings. The molecule has 0 aliphatic rings. The summed E-state index contributed by atoms with van der Waals surface area (Å²) in [6.07, 6.45) is 4.59. The normalized spacial score (nSPS) is 11.3. The Kier molecular flexibility index (Phi) is 6.70. The highest BCUT2D eigenvalue weighted by molar-refractivity contribution is 5.77. The highest BCUT2D eigenvalue weighted by Gasteiger charge is 2.13. The lowest BCUT2D eigenvalue weighted by molar-refractivity contribution is -0.123. The summed E-state index contributed by atoms with van der Waals surface area (Å²) in [6, 6.07) is 18.0. The number of ether oxygens (including phenoxy) is 1. The summed E-state index contributed by atoms with van der Waals surface area (Å²) >= 11 is 0. The fourth-order valence-corrected chi connectivity index (χ4v) is 3.07. The highest BCUT2D eigenvalue weighted by Crippen LogP contribution is 2.24. The number of carbonyl (C=O) groups excluding carboxylic acids is 1. The Hall–Kier alpha value is -3.08. The van der Waals surface area contributed by atoms with Crippen molar-refractivity contribution >= 4 is 5.91 Å². The molecule has 29 heavy (non-hydrogen) atoms. The van der Waals surface area contributed by atoms with Crippen LogP contribution in [0, 0.1) is 0 Å². The number of amides is 1. The van der Waals surface area contributed by atoms with E-state index >= 15 is 0 Å². The van der Waals surface area contributed by atoms with E-state index in [-0.39, 0.29) is 17.9 Å². The first-order valence-corrected chi connectivity index (χ1v) is 10.00. The summed E-state index contributed by atoms with van der Waals surface area (Å²) in [6.45, 7) is 7.92. The number of carbonyl (C=O) groups is 1. The Morgan fingerprint density at radius 3 is 2.48 bits per heavy atom. The van der Waals surface area contributed by atoms with Crippen LogP contribution in [0.1, 0.15) is 32.8 Å². The minimum atomic E-state index is -0.112. The van der Waals surface area contributed by atoms with Crippen LogP contribution in [0.3, 0.4) is 0 Å². The summed E-state index contributed by atoms with van der Waals surface area (Å²) in [5.41, 5.74) is 2.43. The van der Waals surface area contributed by atoms with Gasteiger partial charge in [0.2, 0.25) is 0 Å². The minimum Gasteiger partial charge on any atom is -0.484 e. The maximum atomic E-state index is 12.0. The van der Waals surface area contributed by atoms with E-state index in [1.54, 1.807) is 6.20 Å². The summed E-state index contributed by atoms with van der Waals surface area (Å²) in [4.78, 5) is 16.5. The number of aryl methyl sites for hydroxylation is 1. The Morgan fingerprint density at radius 2 is 1.79 bits per heavy atom. The Bertz CT molecular complexity index is 909. The van der Waals surface area contributed by atoms with Gasteiger partial charge < -0.3 is 14.6 Å². The molecule has 3 rings (SSSR count). The lowest BCUT2D eigenvalue weighted by Gasteiger charge is -2.19. The third kappa shape index (κ3) is 5.95. The van der Waals surface area contributed by atoms with Gasteiger partial charge in [0.05, 0.1) is 0 Å². The van der Waals surface area contributed by atoms with Crippen molar-refractivity contribution in [1.29, 1.82) is 0 Å². The van der Waals surface area contributed by atoms with E-state index in [0.717, 1.165) is 24.4 Å². The maximum absolute atomic E-state index is 12.0. The van der Waals surface area contributed by atoms with Gasteiger partial charge in [0.15, 0.2) is 6.61 Å². The molecule has 5 nitrogen and oxygen atoms in total. The smallest absolute Gasteiger partial charge is 0.257 e. The number of imidazole rings is 1. The van der Waals surface area contributed by atoms with Crippen LogP contribution < -0.4 is 10.1 Å². The van der Waals surface area contributed by atoms with Gasteiger partial charge in [0.1, 0.15) is 11.6 Å². The molecule has 0 saturated carbocycles. The zero-order chi connectivity index (χ0) is 20.7. The molecule has 0 bridgehead atoms. The first-order valence-electron chi connectivity index (χ1n) is 10.00. The van der Waals surface area contributed by atoms with Gasteiger partial charge in [-0.25, -0.2) is 4.98 Å². The molecule has 2 aromatic carbocycles. The predicted octanol–water partition coefficient (Wildman–Crippen LogP) is 4.43. The zero-order valence-corrected chi connectivity index (χ0v) is 17.4. The quantitative estimate of drug-likeness (QED) is 0.578. The van der Waals surface area contributed by atoms with Crippen molar-refractivity contribution in [2.24, 2.45) is 0 Å². The lowest BCUT2D eigenvalue weighted by atomic mass is 9.87. The monoisotopic (exact) mass is 391 g/mol. The molecule has 0 aliphatic heterocycles. The number of nitrogens with one attached hydrogen (secondary N) is 1. The van der Waals surface area contributed by atoms with Crippen molar-refractivity contribution in [3.8, 4) is 17.1 Å². The molecule has 152 valence electrons. The van der Waals surface area contributed by atoms with E-state index in [0.29, 0.717) is 12.3 Å². The number of aromatic nitrogens is 2. The number of benzene rings is 2. The van der Waals surface area contributed by atoms with Crippen LogP contribution in [0.2, 0.25) is 0 Å². The van der Waals surface area contributed by atoms with Crippen LogP contribution in [0.4, 0.5) is 0 Å². The van der Waals surface area contributed by atoms with Gasteiger partial charge in [-0.15, -0.1) is 0 Å². The summed E-state index contributed by atoms with van der Waals surface area (Å²) in [5, 5.41) is 2.91. The molecule has 5 heteroatoms. The van der Waals surface area contributed by atoms with E-state index in [9.17, 15) is 4.79 Å². The number of hydrogen-bond acceptors (Lipinski definition) is 3. The van der Waals surface area contributed by atoms with E-state index in [2.05, 4.69) is 35.6 Å². The Balaban J connectivity index is 1.39. The SMILES string of the molecule is CC(C)(C)c1ccc(OCC(=O)NCCCn2ccnc2-c2ccccc2)cc1. The van der Waals surface area contributed by atoms with Crippen LogP contribution >= 0.6 is 0 Å². The van der Waals surface area contributed by atoms with Crippen LogP contribution in [0.15, 0.2) is 67.0 Å². The zero-order valence-electron chi connectivity index (χ0n) is 17.4. The fourth-order valence-electron chi connectivity index (χ4n) is 3.07. The molecule has 1 amide bonds. The van der Waals surface area contributed by atoms with Gasteiger partial charge in [0.25, 0.3) is 5.91 Å². The summed E-state index contributed by atoms with van der Waals surface area (Å²) in [7, 11) is 0. The third-order valence-corrected chi connectivity index (χ3v) is 4.74. The van der Waals surface area contributed by atoms with Crippen molar-refractivity contribution in [2.75, 3.05) is 13.2 Å². The second-order valence-corrected chi connectivity index (χ2v) is 8.08. The van der Waals surface area contributed by atoms with Crippen LogP contribution in [0.25, 0.3) is 11.4 Å². The van der Waals surface area contributed by atoms with Crippen molar-refractivity contribution in [3.63, 3.8) is 0 Å². The van der Waals surface area contributed by atoms with Gasteiger partial charge in [-0.1, -0.05) is 63.2 Å². The molecule has 1 N–H and O–H groups in total. The van der Waals surface area contributed by atoms with Crippen LogP contribution in [-0.2, 0) is 16.8 Å². The molecule has 0 spiro atoms.